The smallest absolute Gasteiger partial charge is 0.337 e. The number of benzene rings is 1. The molecule has 3 aromatic heterocycles. The predicted molar refractivity (Wildman–Crippen MR) is 157 cm³/mol. The van der Waals surface area contributed by atoms with Crippen LogP contribution >= 0.6 is 0 Å². The zero-order valence-electron chi connectivity index (χ0n) is 25.1. The van der Waals surface area contributed by atoms with Gasteiger partial charge in [-0.05, 0) is 80.8 Å². The summed E-state index contributed by atoms with van der Waals surface area (Å²) in [4.78, 5) is 54.2. The number of piperidine rings is 1. The molecule has 4 heterocycles. The topological polar surface area (TPSA) is 98.1 Å². The number of hydrogen-bond donors (Lipinski definition) is 0. The number of carbonyl (C=O) groups is 3. The summed E-state index contributed by atoms with van der Waals surface area (Å²) in [6.45, 7) is 8.75. The van der Waals surface area contributed by atoms with Crippen LogP contribution in [0.4, 0.5) is 13.2 Å². The van der Waals surface area contributed by atoms with E-state index in [4.69, 9.17) is 0 Å². The molecule has 1 aliphatic carbocycles. The summed E-state index contributed by atoms with van der Waals surface area (Å²) in [5.74, 6) is -0.103. The number of likely N-dealkylation sites (tertiary alicyclic amines) is 1. The van der Waals surface area contributed by atoms with E-state index in [9.17, 15) is 27.6 Å². The van der Waals surface area contributed by atoms with Crippen LogP contribution in [-0.2, 0) is 28.7 Å². The first-order valence-electron chi connectivity index (χ1n) is 14.5. The molecule has 2 aliphatic rings. The number of aromatic nitrogens is 4. The molecular formula is C33H32F3N5O3. The molecule has 1 saturated heterocycles. The molecule has 0 bridgehead atoms. The summed E-state index contributed by atoms with van der Waals surface area (Å²) in [6, 6.07) is 5.21. The van der Waals surface area contributed by atoms with Crippen LogP contribution in [0.25, 0.3) is 22.0 Å². The molecule has 1 aromatic carbocycles. The molecule has 44 heavy (non-hydrogen) atoms. The van der Waals surface area contributed by atoms with Crippen molar-refractivity contribution in [2.75, 3.05) is 0 Å². The average Bonchev–Trinajstić information content (AvgIpc) is 3.30. The second-order valence-electron chi connectivity index (χ2n) is 12.4. The highest BCUT2D eigenvalue weighted by molar-refractivity contribution is 6.09. The number of amides is 1. The normalized spacial score (nSPS) is 21.0. The minimum absolute atomic E-state index is 0.0656. The Labute approximate surface area is 252 Å². The van der Waals surface area contributed by atoms with Gasteiger partial charge < -0.3 is 9.47 Å². The number of rotatable bonds is 7. The molecule has 0 N–H and O–H groups in total. The fourth-order valence-corrected chi connectivity index (χ4v) is 6.60. The van der Waals surface area contributed by atoms with Gasteiger partial charge in [0, 0.05) is 41.1 Å². The highest BCUT2D eigenvalue weighted by Gasteiger charge is 2.64. The Morgan fingerprint density at radius 3 is 2.36 bits per heavy atom. The SMILES string of the molecule is CC(=O)c1cn(CC(=O)N2[C@H](C(=O)Cc3nc(C(F)(F)F)ccc3C)C[C@@]3(C)C[C@@H]23)c2c(C)cc(-c3cnc(C)nc3)cc12. The monoisotopic (exact) mass is 603 g/mol. The van der Waals surface area contributed by atoms with Gasteiger partial charge in [0.2, 0.25) is 5.91 Å². The van der Waals surface area contributed by atoms with E-state index >= 15 is 0 Å². The molecule has 6 rings (SSSR count). The maximum absolute atomic E-state index is 14.0. The number of pyridine rings is 1. The number of ketones is 2. The lowest BCUT2D eigenvalue weighted by molar-refractivity contribution is -0.141. The minimum Gasteiger partial charge on any atom is -0.337 e. The molecule has 1 aliphatic heterocycles. The second kappa shape index (κ2) is 10.3. The summed E-state index contributed by atoms with van der Waals surface area (Å²) < 4.78 is 41.7. The van der Waals surface area contributed by atoms with Gasteiger partial charge in [-0.1, -0.05) is 13.0 Å². The zero-order valence-corrected chi connectivity index (χ0v) is 25.1. The lowest BCUT2D eigenvalue weighted by Gasteiger charge is -2.27. The van der Waals surface area contributed by atoms with Gasteiger partial charge in [0.05, 0.1) is 23.7 Å². The molecule has 3 atom stereocenters. The zero-order chi connectivity index (χ0) is 31.7. The molecule has 0 spiro atoms. The van der Waals surface area contributed by atoms with Gasteiger partial charge >= 0.3 is 6.18 Å². The van der Waals surface area contributed by atoms with Crippen LogP contribution < -0.4 is 0 Å². The van der Waals surface area contributed by atoms with Crippen molar-refractivity contribution in [3.05, 3.63) is 76.8 Å². The third-order valence-electron chi connectivity index (χ3n) is 9.09. The lowest BCUT2D eigenvalue weighted by atomic mass is 9.96. The second-order valence-corrected chi connectivity index (χ2v) is 12.4. The number of aryl methyl sites for hydroxylation is 3. The molecule has 1 amide bonds. The quantitative estimate of drug-likeness (QED) is 0.247. The number of halogens is 3. The van der Waals surface area contributed by atoms with Gasteiger partial charge in [-0.25, -0.2) is 15.0 Å². The van der Waals surface area contributed by atoms with Gasteiger partial charge in [-0.3, -0.25) is 14.4 Å². The largest absolute Gasteiger partial charge is 0.433 e. The van der Waals surface area contributed by atoms with Crippen molar-refractivity contribution in [1.82, 2.24) is 24.4 Å². The fraction of sp³-hybridized carbons (Fsp3) is 0.394. The first-order valence-corrected chi connectivity index (χ1v) is 14.5. The Morgan fingerprint density at radius 1 is 1.00 bits per heavy atom. The Hall–Kier alpha value is -4.41. The molecule has 0 unspecified atom stereocenters. The van der Waals surface area contributed by atoms with E-state index in [0.29, 0.717) is 28.8 Å². The van der Waals surface area contributed by atoms with E-state index in [-0.39, 0.29) is 47.6 Å². The van der Waals surface area contributed by atoms with Crippen molar-refractivity contribution in [2.24, 2.45) is 5.41 Å². The van der Waals surface area contributed by atoms with Crippen LogP contribution in [0.1, 0.15) is 65.4 Å². The molecule has 8 nitrogen and oxygen atoms in total. The first kappa shape index (κ1) is 29.7. The molecule has 4 aromatic rings. The van der Waals surface area contributed by atoms with E-state index in [1.807, 2.05) is 26.0 Å². The van der Waals surface area contributed by atoms with Crippen molar-refractivity contribution in [1.29, 1.82) is 0 Å². The predicted octanol–water partition coefficient (Wildman–Crippen LogP) is 5.83. The molecule has 0 radical (unpaired) electrons. The molecule has 11 heteroatoms. The Bertz CT molecular complexity index is 1850. The molecule has 2 fully saturated rings. The fourth-order valence-electron chi connectivity index (χ4n) is 6.60. The van der Waals surface area contributed by atoms with E-state index in [2.05, 4.69) is 15.0 Å². The van der Waals surface area contributed by atoms with Crippen molar-refractivity contribution < 1.29 is 27.6 Å². The Balaban J connectivity index is 1.30. The maximum Gasteiger partial charge on any atom is 0.433 e. The number of nitrogens with zero attached hydrogens (tertiary/aromatic N) is 5. The Morgan fingerprint density at radius 2 is 1.70 bits per heavy atom. The highest BCUT2D eigenvalue weighted by atomic mass is 19.4. The van der Waals surface area contributed by atoms with E-state index < -0.39 is 17.9 Å². The standard InChI is InChI=1S/C33H32F3N5O3/c1-17-6-7-28(33(34,35)36)39-25(17)10-27(43)26-11-32(5)12-29(32)41(26)30(44)16-40-15-24(19(3)42)23-9-21(8-18(2)31(23)40)22-13-37-20(4)38-14-22/h6-9,13-15,26,29H,10-12,16H2,1-5H3/t26-,29+,32-/m0/s1. The van der Waals surface area contributed by atoms with Gasteiger partial charge in [-0.15, -0.1) is 0 Å². The van der Waals surface area contributed by atoms with Crippen molar-refractivity contribution >= 4 is 28.4 Å². The van der Waals surface area contributed by atoms with Crippen LogP contribution in [0.15, 0.2) is 42.9 Å². The highest BCUT2D eigenvalue weighted by Crippen LogP contribution is 2.59. The summed E-state index contributed by atoms with van der Waals surface area (Å²) in [7, 11) is 0. The van der Waals surface area contributed by atoms with Gasteiger partial charge in [-0.2, -0.15) is 13.2 Å². The summed E-state index contributed by atoms with van der Waals surface area (Å²) in [5.41, 5.74) is 3.01. The van der Waals surface area contributed by atoms with Crippen LogP contribution in [0, 0.1) is 26.2 Å². The molecular weight excluding hydrogens is 571 g/mol. The van der Waals surface area contributed by atoms with E-state index in [0.717, 1.165) is 34.7 Å². The van der Waals surface area contributed by atoms with Gasteiger partial charge in [0.25, 0.3) is 0 Å². The number of alkyl halides is 3. The van der Waals surface area contributed by atoms with Crippen molar-refractivity contribution in [3.8, 4) is 11.1 Å². The minimum atomic E-state index is -4.62. The number of hydrogen-bond acceptors (Lipinski definition) is 6. The number of fused-ring (bicyclic) bond motifs is 2. The van der Waals surface area contributed by atoms with Gasteiger partial charge in [0.15, 0.2) is 11.6 Å². The summed E-state index contributed by atoms with van der Waals surface area (Å²) in [6.07, 6.45) is 1.43. The molecule has 228 valence electrons. The lowest BCUT2D eigenvalue weighted by Crippen LogP contribution is -2.45. The number of Topliss-reactive ketones (excluding diaryl/α,β-unsaturated/α-hetero) is 2. The van der Waals surface area contributed by atoms with Crippen molar-refractivity contribution in [2.45, 2.75) is 78.7 Å². The number of carbonyl (C=O) groups excluding carboxylic acids is 3. The third kappa shape index (κ3) is 5.18. The van der Waals surface area contributed by atoms with Crippen LogP contribution in [0.3, 0.4) is 0 Å². The van der Waals surface area contributed by atoms with E-state index in [1.54, 1.807) is 41.9 Å². The summed E-state index contributed by atoms with van der Waals surface area (Å²) >= 11 is 0. The van der Waals surface area contributed by atoms with Gasteiger partial charge in [0.1, 0.15) is 18.1 Å². The van der Waals surface area contributed by atoms with Crippen molar-refractivity contribution in [3.63, 3.8) is 0 Å². The average molecular weight is 604 g/mol. The van der Waals surface area contributed by atoms with Crippen LogP contribution in [-0.4, -0.2) is 54.0 Å². The first-order chi connectivity index (χ1) is 20.7. The maximum atomic E-state index is 14.0. The van der Waals surface area contributed by atoms with E-state index in [1.165, 1.54) is 13.0 Å². The van der Waals surface area contributed by atoms with Crippen LogP contribution in [0.5, 0.6) is 0 Å². The van der Waals surface area contributed by atoms with Crippen LogP contribution in [0.2, 0.25) is 0 Å². The Kier molecular flexibility index (Phi) is 6.97. The summed E-state index contributed by atoms with van der Waals surface area (Å²) in [5, 5.41) is 0.706. The molecule has 1 saturated carbocycles. The third-order valence-corrected chi connectivity index (χ3v) is 9.09.